The minimum Gasteiger partial charge on any atom is -0.435 e. The van der Waals surface area contributed by atoms with Gasteiger partial charge in [0.25, 0.3) is 0 Å². The molecule has 0 bridgehead atoms. The maximum Gasteiger partial charge on any atom is 0.387 e. The average molecular weight is 432 g/mol. The van der Waals surface area contributed by atoms with Crippen molar-refractivity contribution in [2.45, 2.75) is 24.1 Å². The monoisotopic (exact) mass is 432 g/mol. The molecule has 0 unspecified atom stereocenters. The quantitative estimate of drug-likeness (QED) is 0.501. The van der Waals surface area contributed by atoms with Crippen LogP contribution in [0.1, 0.15) is 11.1 Å². The molecule has 2 aromatic carbocycles. The van der Waals surface area contributed by atoms with Crippen molar-refractivity contribution in [3.63, 3.8) is 0 Å². The maximum atomic E-state index is 12.7. The van der Waals surface area contributed by atoms with Crippen LogP contribution in [-0.4, -0.2) is 47.7 Å². The highest BCUT2D eigenvalue weighted by atomic mass is 32.2. The summed E-state index contributed by atoms with van der Waals surface area (Å²) in [6.07, 6.45) is 0. The summed E-state index contributed by atoms with van der Waals surface area (Å²) in [5, 5.41) is 9.56. The number of alkyl halides is 2. The van der Waals surface area contributed by atoms with E-state index >= 15 is 0 Å². The number of anilines is 1. The van der Waals surface area contributed by atoms with Crippen molar-refractivity contribution in [1.82, 2.24) is 14.8 Å². The molecule has 0 amide bonds. The van der Waals surface area contributed by atoms with Crippen LogP contribution in [0.2, 0.25) is 0 Å². The highest BCUT2D eigenvalue weighted by molar-refractivity contribution is 7.98. The molecule has 9 heteroatoms. The molecule has 6 nitrogen and oxygen atoms in total. The Balaban J connectivity index is 1.57. The number of rotatable bonds is 8. The Morgan fingerprint density at radius 3 is 2.50 bits per heavy atom. The number of ether oxygens (including phenoxy) is 2. The third kappa shape index (κ3) is 5.09. The fourth-order valence-corrected chi connectivity index (χ4v) is 4.19. The van der Waals surface area contributed by atoms with Gasteiger partial charge in [0, 0.05) is 24.4 Å². The number of benzene rings is 2. The van der Waals surface area contributed by atoms with Crippen LogP contribution in [0, 0.1) is 0 Å². The van der Waals surface area contributed by atoms with Crippen molar-refractivity contribution < 1.29 is 18.3 Å². The zero-order valence-corrected chi connectivity index (χ0v) is 17.1. The molecule has 0 radical (unpaired) electrons. The first-order valence-corrected chi connectivity index (χ1v) is 10.6. The van der Waals surface area contributed by atoms with Gasteiger partial charge < -0.3 is 14.4 Å². The molecular formula is C21H22F2N4O2S. The van der Waals surface area contributed by atoms with E-state index in [2.05, 4.69) is 36.5 Å². The Morgan fingerprint density at radius 1 is 1.00 bits per heavy atom. The van der Waals surface area contributed by atoms with Gasteiger partial charge in [-0.3, -0.25) is 4.57 Å². The number of hydrogen-bond donors (Lipinski definition) is 0. The lowest BCUT2D eigenvalue weighted by Gasteiger charge is -2.28. The van der Waals surface area contributed by atoms with Crippen LogP contribution in [0.15, 0.2) is 59.8 Å². The first kappa shape index (κ1) is 20.6. The molecule has 1 aliphatic heterocycles. The van der Waals surface area contributed by atoms with E-state index < -0.39 is 6.61 Å². The third-order valence-electron chi connectivity index (χ3n) is 4.72. The van der Waals surface area contributed by atoms with Crippen molar-refractivity contribution in [2.75, 3.05) is 31.2 Å². The number of hydrogen-bond acceptors (Lipinski definition) is 6. The van der Waals surface area contributed by atoms with Crippen molar-refractivity contribution in [2.24, 2.45) is 0 Å². The Labute approximate surface area is 177 Å². The van der Waals surface area contributed by atoms with Gasteiger partial charge in [0.05, 0.1) is 19.8 Å². The van der Waals surface area contributed by atoms with Gasteiger partial charge in [-0.1, -0.05) is 60.3 Å². The second kappa shape index (κ2) is 9.90. The summed E-state index contributed by atoms with van der Waals surface area (Å²) >= 11 is 1.45. The minimum absolute atomic E-state index is 0.183. The summed E-state index contributed by atoms with van der Waals surface area (Å²) in [6, 6.07) is 16.9. The van der Waals surface area contributed by atoms with E-state index in [-0.39, 0.29) is 5.75 Å². The number of nitrogens with zero attached hydrogens (tertiary/aromatic N) is 4. The van der Waals surface area contributed by atoms with Gasteiger partial charge in [0.1, 0.15) is 5.75 Å². The fourth-order valence-electron chi connectivity index (χ4n) is 3.27. The van der Waals surface area contributed by atoms with E-state index in [0.29, 0.717) is 31.1 Å². The summed E-state index contributed by atoms with van der Waals surface area (Å²) < 4.78 is 37.6. The second-order valence-corrected chi connectivity index (χ2v) is 7.67. The third-order valence-corrected chi connectivity index (χ3v) is 5.74. The predicted molar refractivity (Wildman–Crippen MR) is 111 cm³/mol. The molecule has 4 rings (SSSR count). The Bertz CT molecular complexity index is 949. The van der Waals surface area contributed by atoms with Gasteiger partial charge in [-0.15, -0.1) is 10.2 Å². The van der Waals surface area contributed by atoms with Gasteiger partial charge in [-0.05, 0) is 11.6 Å². The molecule has 0 spiro atoms. The molecule has 30 heavy (non-hydrogen) atoms. The van der Waals surface area contributed by atoms with Gasteiger partial charge >= 0.3 is 6.61 Å². The number of thioether (sulfide) groups is 1. The van der Waals surface area contributed by atoms with Crippen LogP contribution < -0.4 is 9.64 Å². The van der Waals surface area contributed by atoms with Crippen LogP contribution in [0.3, 0.4) is 0 Å². The van der Waals surface area contributed by atoms with E-state index in [0.717, 1.165) is 29.8 Å². The average Bonchev–Trinajstić information content (AvgIpc) is 3.16. The largest absolute Gasteiger partial charge is 0.435 e. The first-order chi connectivity index (χ1) is 14.7. The van der Waals surface area contributed by atoms with Crippen LogP contribution in [-0.2, 0) is 17.0 Å². The highest BCUT2D eigenvalue weighted by Crippen LogP contribution is 2.30. The zero-order chi connectivity index (χ0) is 20.8. The summed E-state index contributed by atoms with van der Waals surface area (Å²) in [4.78, 5) is 2.16. The smallest absolute Gasteiger partial charge is 0.387 e. The normalized spacial score (nSPS) is 14.3. The summed E-state index contributed by atoms with van der Waals surface area (Å²) in [6.45, 7) is 0.576. The van der Waals surface area contributed by atoms with Gasteiger partial charge in [-0.25, -0.2) is 0 Å². The van der Waals surface area contributed by atoms with Crippen molar-refractivity contribution in [3.05, 3.63) is 65.7 Å². The maximum absolute atomic E-state index is 12.7. The molecule has 3 aromatic rings. The molecule has 0 N–H and O–H groups in total. The van der Waals surface area contributed by atoms with Crippen LogP contribution in [0.4, 0.5) is 14.7 Å². The van der Waals surface area contributed by atoms with Gasteiger partial charge in [0.15, 0.2) is 5.16 Å². The SMILES string of the molecule is FC(F)Oc1ccccc1CSc1nnc(N2CCOCC2)n1Cc1ccccc1. The molecule has 1 aliphatic rings. The number of morpholine rings is 1. The molecule has 0 saturated carbocycles. The van der Waals surface area contributed by atoms with Gasteiger partial charge in [0.2, 0.25) is 5.95 Å². The molecule has 2 heterocycles. The molecule has 158 valence electrons. The Hall–Kier alpha value is -2.65. The van der Waals surface area contributed by atoms with Crippen molar-refractivity contribution in [1.29, 1.82) is 0 Å². The molecule has 1 saturated heterocycles. The van der Waals surface area contributed by atoms with Crippen LogP contribution >= 0.6 is 11.8 Å². The van der Waals surface area contributed by atoms with E-state index in [1.807, 2.05) is 24.3 Å². The van der Waals surface area contributed by atoms with E-state index in [9.17, 15) is 8.78 Å². The predicted octanol–water partition coefficient (Wildman–Crippen LogP) is 4.06. The minimum atomic E-state index is -2.86. The van der Waals surface area contributed by atoms with Crippen molar-refractivity contribution in [3.8, 4) is 5.75 Å². The standard InChI is InChI=1S/C21H22F2N4O2S/c22-19(23)29-18-9-5-4-8-17(18)15-30-21-25-24-20(26-10-12-28-13-11-26)27(21)14-16-6-2-1-3-7-16/h1-9,19H,10-15H2. The molecular weight excluding hydrogens is 410 g/mol. The Kier molecular flexibility index (Phi) is 6.81. The lowest BCUT2D eigenvalue weighted by molar-refractivity contribution is -0.0503. The number of aromatic nitrogens is 3. The van der Waals surface area contributed by atoms with E-state index in [1.165, 1.54) is 11.8 Å². The first-order valence-electron chi connectivity index (χ1n) is 9.66. The lowest BCUT2D eigenvalue weighted by Crippen LogP contribution is -2.38. The topological polar surface area (TPSA) is 52.4 Å². The molecule has 0 atom stereocenters. The van der Waals surface area contributed by atoms with E-state index in [1.54, 1.807) is 18.2 Å². The van der Waals surface area contributed by atoms with Crippen LogP contribution in [0.25, 0.3) is 0 Å². The van der Waals surface area contributed by atoms with Gasteiger partial charge in [-0.2, -0.15) is 8.78 Å². The molecule has 1 fully saturated rings. The number of para-hydroxylation sites is 1. The summed E-state index contributed by atoms with van der Waals surface area (Å²) in [5.74, 6) is 1.42. The van der Waals surface area contributed by atoms with Crippen molar-refractivity contribution >= 4 is 17.7 Å². The summed E-state index contributed by atoms with van der Waals surface area (Å²) in [5.41, 5.74) is 1.82. The second-order valence-electron chi connectivity index (χ2n) is 6.73. The van der Waals surface area contributed by atoms with E-state index in [4.69, 9.17) is 4.74 Å². The zero-order valence-electron chi connectivity index (χ0n) is 16.3. The Morgan fingerprint density at radius 2 is 1.73 bits per heavy atom. The summed E-state index contributed by atoms with van der Waals surface area (Å²) in [7, 11) is 0. The fraction of sp³-hybridized carbons (Fsp3) is 0.333. The molecule has 0 aliphatic carbocycles. The van der Waals surface area contributed by atoms with Crippen LogP contribution in [0.5, 0.6) is 5.75 Å². The lowest BCUT2D eigenvalue weighted by atomic mass is 10.2. The number of halogens is 2. The molecule has 1 aromatic heterocycles. The highest BCUT2D eigenvalue weighted by Gasteiger charge is 2.21.